The SMILES string of the molecule is CN1CCN(c2cnc3c(C4CCN(C(=O)c5cnc(C(F)(F)F)nc5N)CC4)ncnc3c2)CC1. The number of nitrogens with zero attached hydrogens (tertiary/aromatic N) is 8. The van der Waals surface area contributed by atoms with E-state index in [1.165, 1.54) is 0 Å². The molecule has 0 spiro atoms. The lowest BCUT2D eigenvalue weighted by Crippen LogP contribution is -2.44. The molecule has 3 aromatic rings. The minimum Gasteiger partial charge on any atom is -0.383 e. The summed E-state index contributed by atoms with van der Waals surface area (Å²) in [4.78, 5) is 39.2. The van der Waals surface area contributed by atoms with Gasteiger partial charge in [0.1, 0.15) is 23.2 Å². The van der Waals surface area contributed by atoms with E-state index in [1.807, 2.05) is 12.3 Å². The fraction of sp³-hybridized carbons (Fsp3) is 0.478. The molecule has 3 aromatic heterocycles. The van der Waals surface area contributed by atoms with Crippen molar-refractivity contribution in [3.05, 3.63) is 41.9 Å². The van der Waals surface area contributed by atoms with Crippen LogP contribution in [0, 0.1) is 0 Å². The number of fused-ring (bicyclic) bond motifs is 1. The second-order valence-corrected chi connectivity index (χ2v) is 9.17. The Balaban J connectivity index is 1.28. The van der Waals surface area contributed by atoms with E-state index in [1.54, 1.807) is 11.2 Å². The molecule has 190 valence electrons. The number of halogens is 3. The number of nitrogens with two attached hydrogens (primary N) is 1. The largest absolute Gasteiger partial charge is 0.451 e. The Kier molecular flexibility index (Phi) is 6.33. The molecule has 5 heterocycles. The van der Waals surface area contributed by atoms with Crippen LogP contribution in [0.2, 0.25) is 0 Å². The van der Waals surface area contributed by atoms with Crippen LogP contribution in [-0.4, -0.2) is 86.9 Å². The van der Waals surface area contributed by atoms with Crippen LogP contribution in [0.5, 0.6) is 0 Å². The molecular weight excluding hydrogens is 475 g/mol. The molecule has 0 radical (unpaired) electrons. The Morgan fingerprint density at radius 2 is 1.72 bits per heavy atom. The van der Waals surface area contributed by atoms with Gasteiger partial charge in [-0.15, -0.1) is 0 Å². The van der Waals surface area contributed by atoms with Crippen molar-refractivity contribution in [2.75, 3.05) is 56.9 Å². The molecular formula is C23H26F3N9O. The molecule has 2 N–H and O–H groups in total. The van der Waals surface area contributed by atoms with Gasteiger partial charge in [0.25, 0.3) is 5.91 Å². The van der Waals surface area contributed by atoms with E-state index in [0.29, 0.717) is 25.9 Å². The number of piperazine rings is 1. The van der Waals surface area contributed by atoms with Gasteiger partial charge in [0.05, 0.1) is 23.1 Å². The molecule has 0 aliphatic carbocycles. The number of carbonyl (C=O) groups is 1. The molecule has 0 saturated carbocycles. The Morgan fingerprint density at radius 3 is 2.39 bits per heavy atom. The molecule has 2 aliphatic rings. The summed E-state index contributed by atoms with van der Waals surface area (Å²) in [6.45, 7) is 4.65. The highest BCUT2D eigenvalue weighted by atomic mass is 19.4. The number of likely N-dealkylation sites (N-methyl/N-ethyl adjacent to an activating group) is 1. The van der Waals surface area contributed by atoms with Crippen molar-refractivity contribution in [1.29, 1.82) is 0 Å². The Hall–Kier alpha value is -3.61. The average molecular weight is 502 g/mol. The van der Waals surface area contributed by atoms with Crippen LogP contribution in [0.15, 0.2) is 24.8 Å². The van der Waals surface area contributed by atoms with E-state index >= 15 is 0 Å². The first-order valence-corrected chi connectivity index (χ1v) is 11.7. The third kappa shape index (κ3) is 4.74. The third-order valence-electron chi connectivity index (χ3n) is 6.83. The van der Waals surface area contributed by atoms with E-state index < -0.39 is 23.7 Å². The predicted octanol–water partition coefficient (Wildman–Crippen LogP) is 2.19. The molecule has 10 nitrogen and oxygen atoms in total. The van der Waals surface area contributed by atoms with Crippen molar-refractivity contribution in [2.45, 2.75) is 24.9 Å². The molecule has 2 aliphatic heterocycles. The maximum Gasteiger partial charge on any atom is 0.451 e. The normalized spacial score (nSPS) is 18.1. The Labute approximate surface area is 205 Å². The number of carbonyl (C=O) groups excluding carboxylic acids is 1. The Bertz CT molecular complexity index is 1270. The van der Waals surface area contributed by atoms with Crippen LogP contribution >= 0.6 is 0 Å². The van der Waals surface area contributed by atoms with E-state index in [4.69, 9.17) is 10.7 Å². The van der Waals surface area contributed by atoms with Gasteiger partial charge in [0, 0.05) is 51.4 Å². The molecule has 13 heteroatoms. The van der Waals surface area contributed by atoms with Crippen LogP contribution in [0.25, 0.3) is 11.0 Å². The maximum absolute atomic E-state index is 12.9. The molecule has 1 amide bonds. The van der Waals surface area contributed by atoms with Crippen LogP contribution in [0.3, 0.4) is 0 Å². The van der Waals surface area contributed by atoms with E-state index in [-0.39, 0.29) is 11.5 Å². The molecule has 0 unspecified atom stereocenters. The number of alkyl halides is 3. The summed E-state index contributed by atoms with van der Waals surface area (Å²) in [5.74, 6) is -2.26. The van der Waals surface area contributed by atoms with Gasteiger partial charge in [-0.05, 0) is 26.0 Å². The standard InChI is InChI=1S/C23H26F3N9O/c1-33-6-8-34(9-7-33)15-10-17-19(28-11-15)18(31-13-30-17)14-2-4-35(5-3-14)21(36)16-12-29-22(23(24,25)26)32-20(16)27/h10-14H,2-9H2,1H3,(H2,27,29,32). The van der Waals surface area contributed by atoms with Crippen molar-refractivity contribution < 1.29 is 18.0 Å². The highest BCUT2D eigenvalue weighted by Crippen LogP contribution is 2.32. The third-order valence-corrected chi connectivity index (χ3v) is 6.83. The van der Waals surface area contributed by atoms with Crippen molar-refractivity contribution in [3.63, 3.8) is 0 Å². The topological polar surface area (TPSA) is 117 Å². The van der Waals surface area contributed by atoms with Gasteiger partial charge in [-0.2, -0.15) is 13.2 Å². The number of piperidine rings is 1. The van der Waals surface area contributed by atoms with Crippen molar-refractivity contribution in [2.24, 2.45) is 0 Å². The quantitative estimate of drug-likeness (QED) is 0.576. The maximum atomic E-state index is 12.9. The monoisotopic (exact) mass is 501 g/mol. The number of rotatable bonds is 3. The first-order chi connectivity index (χ1) is 17.2. The van der Waals surface area contributed by atoms with Gasteiger partial charge in [-0.1, -0.05) is 0 Å². The van der Waals surface area contributed by atoms with Crippen molar-refractivity contribution in [1.82, 2.24) is 34.7 Å². The predicted molar refractivity (Wildman–Crippen MR) is 126 cm³/mol. The zero-order chi connectivity index (χ0) is 25.4. The number of anilines is 2. The summed E-state index contributed by atoms with van der Waals surface area (Å²) in [5.41, 5.74) is 8.93. The van der Waals surface area contributed by atoms with Crippen LogP contribution < -0.4 is 10.6 Å². The highest BCUT2D eigenvalue weighted by molar-refractivity contribution is 5.98. The summed E-state index contributed by atoms with van der Waals surface area (Å²) in [6, 6.07) is 2.05. The number of nitrogen functional groups attached to an aromatic ring is 1. The fourth-order valence-corrected chi connectivity index (χ4v) is 4.71. The zero-order valence-corrected chi connectivity index (χ0v) is 19.7. The van der Waals surface area contributed by atoms with Crippen molar-refractivity contribution in [3.8, 4) is 0 Å². The first-order valence-electron chi connectivity index (χ1n) is 11.7. The number of hydrogen-bond acceptors (Lipinski definition) is 9. The van der Waals surface area contributed by atoms with Gasteiger partial charge in [0.15, 0.2) is 0 Å². The molecule has 2 fully saturated rings. The van der Waals surface area contributed by atoms with E-state index in [0.717, 1.165) is 54.8 Å². The second kappa shape index (κ2) is 9.45. The zero-order valence-electron chi connectivity index (χ0n) is 19.7. The smallest absolute Gasteiger partial charge is 0.383 e. The second-order valence-electron chi connectivity index (χ2n) is 9.17. The summed E-state index contributed by atoms with van der Waals surface area (Å²) in [6.07, 6.45) is 0.784. The molecule has 0 aromatic carbocycles. The number of aromatic nitrogens is 5. The van der Waals surface area contributed by atoms with Gasteiger partial charge in [0.2, 0.25) is 5.82 Å². The number of likely N-dealkylation sites (tertiary alicyclic amines) is 1. The molecule has 0 atom stereocenters. The van der Waals surface area contributed by atoms with Gasteiger partial charge >= 0.3 is 6.18 Å². The van der Waals surface area contributed by atoms with Gasteiger partial charge in [-0.3, -0.25) is 9.78 Å². The summed E-state index contributed by atoms with van der Waals surface area (Å²) in [5, 5.41) is 0. The lowest BCUT2D eigenvalue weighted by atomic mass is 9.92. The highest BCUT2D eigenvalue weighted by Gasteiger charge is 2.36. The summed E-state index contributed by atoms with van der Waals surface area (Å²) >= 11 is 0. The van der Waals surface area contributed by atoms with Gasteiger partial charge < -0.3 is 20.4 Å². The molecule has 0 bridgehead atoms. The lowest BCUT2D eigenvalue weighted by molar-refractivity contribution is -0.144. The van der Waals surface area contributed by atoms with E-state index in [2.05, 4.69) is 36.8 Å². The number of amides is 1. The molecule has 2 saturated heterocycles. The molecule has 36 heavy (non-hydrogen) atoms. The van der Waals surface area contributed by atoms with Crippen molar-refractivity contribution >= 4 is 28.4 Å². The minimum absolute atomic E-state index is 0.0720. The minimum atomic E-state index is -4.73. The summed E-state index contributed by atoms with van der Waals surface area (Å²) in [7, 11) is 2.11. The van der Waals surface area contributed by atoms with Crippen LogP contribution in [-0.2, 0) is 6.18 Å². The van der Waals surface area contributed by atoms with Crippen LogP contribution in [0.4, 0.5) is 24.7 Å². The first kappa shape index (κ1) is 24.1. The van der Waals surface area contributed by atoms with E-state index in [9.17, 15) is 18.0 Å². The number of pyridine rings is 1. The van der Waals surface area contributed by atoms with Crippen LogP contribution in [0.1, 0.15) is 40.6 Å². The Morgan fingerprint density at radius 1 is 1.00 bits per heavy atom. The number of hydrogen-bond donors (Lipinski definition) is 1. The average Bonchev–Trinajstić information content (AvgIpc) is 2.87. The summed E-state index contributed by atoms with van der Waals surface area (Å²) < 4.78 is 38.4. The lowest BCUT2D eigenvalue weighted by Gasteiger charge is -2.34. The fourth-order valence-electron chi connectivity index (χ4n) is 4.71. The van der Waals surface area contributed by atoms with Gasteiger partial charge in [-0.25, -0.2) is 19.9 Å². The molecule has 5 rings (SSSR count).